The van der Waals surface area contributed by atoms with Crippen LogP contribution in [-0.4, -0.2) is 17.0 Å². The highest BCUT2D eigenvalue weighted by Crippen LogP contribution is 2.37. The number of nitrogens with one attached hydrogen (secondary N) is 1. The molecular formula is C22H14ClNO3S2. The summed E-state index contributed by atoms with van der Waals surface area (Å²) in [6, 6.07) is 20.3. The molecule has 4 aromatic rings. The largest absolute Gasteiger partial charge is 0.478 e. The molecule has 4 rings (SSSR count). The fraction of sp³-hybridized carbons (Fsp3) is 0. The van der Waals surface area contributed by atoms with Crippen molar-refractivity contribution in [2.75, 3.05) is 5.32 Å². The first kappa shape index (κ1) is 19.4. The molecule has 0 aliphatic heterocycles. The van der Waals surface area contributed by atoms with E-state index in [0.29, 0.717) is 20.5 Å². The number of rotatable bonds is 5. The van der Waals surface area contributed by atoms with Crippen molar-refractivity contribution >= 4 is 51.2 Å². The first-order valence-electron chi connectivity index (χ1n) is 8.60. The molecular weight excluding hydrogens is 426 g/mol. The highest BCUT2D eigenvalue weighted by molar-refractivity contribution is 7.18. The van der Waals surface area contributed by atoms with Gasteiger partial charge in [0.05, 0.1) is 4.88 Å². The van der Waals surface area contributed by atoms with Crippen molar-refractivity contribution in [2.45, 2.75) is 0 Å². The van der Waals surface area contributed by atoms with Crippen molar-refractivity contribution in [2.24, 2.45) is 0 Å². The average Bonchev–Trinajstić information content (AvgIpc) is 3.37. The molecule has 7 heteroatoms. The second-order valence-electron chi connectivity index (χ2n) is 6.15. The van der Waals surface area contributed by atoms with E-state index in [1.165, 1.54) is 22.7 Å². The number of halogens is 1. The summed E-state index contributed by atoms with van der Waals surface area (Å²) in [6.07, 6.45) is 0. The summed E-state index contributed by atoms with van der Waals surface area (Å²) in [7, 11) is 0. The number of carboxylic acid groups (broad SMARTS) is 1. The zero-order valence-electron chi connectivity index (χ0n) is 14.9. The molecule has 2 heterocycles. The van der Waals surface area contributed by atoms with Crippen LogP contribution in [0.25, 0.3) is 21.6 Å². The number of aromatic carboxylic acids is 1. The third kappa shape index (κ3) is 4.10. The van der Waals surface area contributed by atoms with Crippen LogP contribution in [0.15, 0.2) is 72.1 Å². The molecule has 0 radical (unpaired) electrons. The number of amides is 1. The van der Waals surface area contributed by atoms with Gasteiger partial charge in [0.2, 0.25) is 0 Å². The number of benzene rings is 2. The van der Waals surface area contributed by atoms with Crippen LogP contribution in [0.3, 0.4) is 0 Å². The Labute approximate surface area is 180 Å². The molecule has 0 saturated carbocycles. The van der Waals surface area contributed by atoms with E-state index >= 15 is 0 Å². The van der Waals surface area contributed by atoms with Gasteiger partial charge in [-0.05, 0) is 35.4 Å². The normalized spacial score (nSPS) is 10.7. The Morgan fingerprint density at radius 2 is 1.62 bits per heavy atom. The fourth-order valence-electron chi connectivity index (χ4n) is 2.89. The quantitative estimate of drug-likeness (QED) is 0.361. The summed E-state index contributed by atoms with van der Waals surface area (Å²) >= 11 is 8.47. The third-order valence-electron chi connectivity index (χ3n) is 4.28. The van der Waals surface area contributed by atoms with Crippen LogP contribution in [0.1, 0.15) is 20.0 Å². The van der Waals surface area contributed by atoms with Crippen molar-refractivity contribution in [3.8, 4) is 21.6 Å². The molecule has 0 fully saturated rings. The van der Waals surface area contributed by atoms with E-state index in [1.807, 2.05) is 36.4 Å². The van der Waals surface area contributed by atoms with Gasteiger partial charge in [0.15, 0.2) is 0 Å². The fourth-order valence-corrected chi connectivity index (χ4v) is 4.88. The molecule has 29 heavy (non-hydrogen) atoms. The van der Waals surface area contributed by atoms with Gasteiger partial charge in [-0.2, -0.15) is 0 Å². The van der Waals surface area contributed by atoms with Gasteiger partial charge in [0, 0.05) is 20.8 Å². The maximum absolute atomic E-state index is 12.7. The molecule has 0 saturated heterocycles. The lowest BCUT2D eigenvalue weighted by Crippen LogP contribution is -2.12. The van der Waals surface area contributed by atoms with E-state index < -0.39 is 5.97 Å². The van der Waals surface area contributed by atoms with Crippen molar-refractivity contribution in [3.63, 3.8) is 0 Å². The number of hydrogen-bond donors (Lipinski definition) is 2. The summed E-state index contributed by atoms with van der Waals surface area (Å²) in [4.78, 5) is 26.1. The number of carbonyl (C=O) groups excluding carboxylic acids is 1. The topological polar surface area (TPSA) is 66.4 Å². The van der Waals surface area contributed by atoms with Gasteiger partial charge in [0.25, 0.3) is 5.91 Å². The van der Waals surface area contributed by atoms with Gasteiger partial charge in [-0.1, -0.05) is 54.1 Å². The minimum Gasteiger partial charge on any atom is -0.478 e. The third-order valence-corrected chi connectivity index (χ3v) is 6.56. The van der Waals surface area contributed by atoms with Crippen molar-refractivity contribution < 1.29 is 14.7 Å². The minimum absolute atomic E-state index is 0.0745. The van der Waals surface area contributed by atoms with E-state index in [1.54, 1.807) is 35.7 Å². The van der Waals surface area contributed by atoms with E-state index in [4.69, 9.17) is 11.6 Å². The standard InChI is InChI=1S/C22H14ClNO3S2/c23-15-8-6-13(7-9-15)16-12-28-21(19(16)22(26)27)24-20(25)18-11-10-17(29-18)14-4-2-1-3-5-14/h1-12H,(H,24,25)(H,26,27). The molecule has 2 N–H and O–H groups in total. The van der Waals surface area contributed by atoms with Crippen LogP contribution >= 0.6 is 34.3 Å². The zero-order chi connectivity index (χ0) is 20.4. The summed E-state index contributed by atoms with van der Waals surface area (Å²) in [5, 5.41) is 15.1. The molecule has 0 aliphatic rings. The van der Waals surface area contributed by atoms with Gasteiger partial charge >= 0.3 is 5.97 Å². The molecule has 144 valence electrons. The number of thiophene rings is 2. The first-order valence-corrected chi connectivity index (χ1v) is 10.7. The maximum atomic E-state index is 12.7. The molecule has 0 spiro atoms. The van der Waals surface area contributed by atoms with Crippen LogP contribution in [-0.2, 0) is 0 Å². The van der Waals surface area contributed by atoms with Gasteiger partial charge in [-0.15, -0.1) is 22.7 Å². The Kier molecular flexibility index (Phi) is 5.49. The Morgan fingerprint density at radius 1 is 0.897 bits per heavy atom. The van der Waals surface area contributed by atoms with Gasteiger partial charge < -0.3 is 10.4 Å². The van der Waals surface area contributed by atoms with Crippen LogP contribution in [0, 0.1) is 0 Å². The minimum atomic E-state index is -1.09. The van der Waals surface area contributed by atoms with Crippen LogP contribution in [0.2, 0.25) is 5.02 Å². The number of carbonyl (C=O) groups is 2. The summed E-state index contributed by atoms with van der Waals surface area (Å²) in [5.74, 6) is -1.42. The second-order valence-corrected chi connectivity index (χ2v) is 8.55. The molecule has 1 amide bonds. The molecule has 4 nitrogen and oxygen atoms in total. The number of anilines is 1. The molecule has 0 bridgehead atoms. The maximum Gasteiger partial charge on any atom is 0.339 e. The lowest BCUT2D eigenvalue weighted by atomic mass is 10.0. The molecule has 0 unspecified atom stereocenters. The van der Waals surface area contributed by atoms with Crippen molar-refractivity contribution in [1.82, 2.24) is 0 Å². The Morgan fingerprint density at radius 3 is 2.31 bits per heavy atom. The Hall–Kier alpha value is -2.93. The smallest absolute Gasteiger partial charge is 0.339 e. The molecule has 2 aromatic heterocycles. The molecule has 0 aliphatic carbocycles. The average molecular weight is 440 g/mol. The second kappa shape index (κ2) is 8.21. The van der Waals surface area contributed by atoms with Gasteiger partial charge in [0.1, 0.15) is 10.6 Å². The monoisotopic (exact) mass is 439 g/mol. The van der Waals surface area contributed by atoms with E-state index in [-0.39, 0.29) is 11.5 Å². The van der Waals surface area contributed by atoms with Gasteiger partial charge in [-0.25, -0.2) is 4.79 Å². The predicted molar refractivity (Wildman–Crippen MR) is 119 cm³/mol. The Bertz CT molecular complexity index is 1180. The van der Waals surface area contributed by atoms with Crippen LogP contribution in [0.5, 0.6) is 0 Å². The van der Waals surface area contributed by atoms with E-state index in [0.717, 1.165) is 16.0 Å². The van der Waals surface area contributed by atoms with Crippen molar-refractivity contribution in [1.29, 1.82) is 0 Å². The van der Waals surface area contributed by atoms with Gasteiger partial charge in [-0.3, -0.25) is 4.79 Å². The zero-order valence-corrected chi connectivity index (χ0v) is 17.3. The highest BCUT2D eigenvalue weighted by atomic mass is 35.5. The first-order chi connectivity index (χ1) is 14.0. The highest BCUT2D eigenvalue weighted by Gasteiger charge is 2.22. The summed E-state index contributed by atoms with van der Waals surface area (Å²) < 4.78 is 0. The van der Waals surface area contributed by atoms with Crippen molar-refractivity contribution in [3.05, 3.63) is 87.6 Å². The van der Waals surface area contributed by atoms with Crippen LogP contribution < -0.4 is 5.32 Å². The summed E-state index contributed by atoms with van der Waals surface area (Å²) in [6.45, 7) is 0. The lowest BCUT2D eigenvalue weighted by molar-refractivity contribution is 0.0699. The Balaban J connectivity index is 1.61. The predicted octanol–water partition coefficient (Wildman–Crippen LogP) is 6.75. The molecule has 0 atom stereocenters. The number of hydrogen-bond acceptors (Lipinski definition) is 4. The summed E-state index contributed by atoms with van der Waals surface area (Å²) in [5.41, 5.74) is 2.38. The SMILES string of the molecule is O=C(Nc1scc(-c2ccc(Cl)cc2)c1C(=O)O)c1ccc(-c2ccccc2)s1. The molecule has 2 aromatic carbocycles. The van der Waals surface area contributed by atoms with Crippen LogP contribution in [0.4, 0.5) is 5.00 Å². The number of carboxylic acids is 1. The lowest BCUT2D eigenvalue weighted by Gasteiger charge is -2.05. The van der Waals surface area contributed by atoms with E-state index in [9.17, 15) is 14.7 Å². The van der Waals surface area contributed by atoms with E-state index in [2.05, 4.69) is 5.32 Å².